The summed E-state index contributed by atoms with van der Waals surface area (Å²) in [6, 6.07) is -0.611. The number of unbranched alkanes of at least 4 members (excludes halogenated alkanes) is 25. The highest BCUT2D eigenvalue weighted by molar-refractivity contribution is 5.76. The molecule has 0 radical (unpaired) electrons. The summed E-state index contributed by atoms with van der Waals surface area (Å²) in [5.74, 6) is -0.0705. The Morgan fingerprint density at radius 2 is 0.925 bits per heavy atom. The van der Waals surface area contributed by atoms with Crippen molar-refractivity contribution in [2.45, 2.75) is 206 Å². The maximum atomic E-state index is 12.2. The second-order valence-electron chi connectivity index (χ2n) is 12.3. The van der Waals surface area contributed by atoms with Gasteiger partial charge in [0, 0.05) is 6.42 Å². The van der Waals surface area contributed by atoms with E-state index >= 15 is 0 Å². The molecule has 0 aliphatic carbocycles. The summed E-state index contributed by atoms with van der Waals surface area (Å²) in [5.41, 5.74) is 0. The van der Waals surface area contributed by atoms with Crippen molar-refractivity contribution in [2.24, 2.45) is 0 Å². The molecule has 0 aliphatic heterocycles. The first-order chi connectivity index (χ1) is 19.7. The monoisotopic (exact) mass is 566 g/mol. The Morgan fingerprint density at radius 1 is 0.575 bits per heavy atom. The number of carbonyl (C=O) groups is 1. The quantitative estimate of drug-likeness (QED) is 0.0561. The highest BCUT2D eigenvalue weighted by Crippen LogP contribution is 2.16. The lowest BCUT2D eigenvalue weighted by Crippen LogP contribution is -2.45. The maximum absolute atomic E-state index is 12.2. The van der Waals surface area contributed by atoms with E-state index < -0.39 is 12.1 Å². The summed E-state index contributed by atoms with van der Waals surface area (Å²) in [4.78, 5) is 12.2. The lowest BCUT2D eigenvalue weighted by Gasteiger charge is -2.19. The van der Waals surface area contributed by atoms with E-state index in [2.05, 4.69) is 19.2 Å². The van der Waals surface area contributed by atoms with E-state index in [9.17, 15) is 15.0 Å². The minimum atomic E-state index is -0.829. The van der Waals surface area contributed by atoms with Crippen LogP contribution in [0.25, 0.3) is 0 Å². The number of allylic oxidation sites excluding steroid dienone is 1. The molecule has 0 spiro atoms. The molecule has 0 aliphatic rings. The van der Waals surface area contributed by atoms with Crippen LogP contribution in [0.15, 0.2) is 12.2 Å². The number of hydrogen-bond acceptors (Lipinski definition) is 3. The topological polar surface area (TPSA) is 69.6 Å². The van der Waals surface area contributed by atoms with Gasteiger partial charge in [-0.15, -0.1) is 0 Å². The molecule has 0 saturated carbocycles. The lowest BCUT2D eigenvalue weighted by molar-refractivity contribution is -0.123. The zero-order chi connectivity index (χ0) is 29.4. The number of rotatable bonds is 32. The molecule has 0 rings (SSSR count). The van der Waals surface area contributed by atoms with E-state index in [0.29, 0.717) is 6.42 Å². The molecule has 1 amide bonds. The van der Waals surface area contributed by atoms with Crippen molar-refractivity contribution in [1.29, 1.82) is 0 Å². The third kappa shape index (κ3) is 28.7. The van der Waals surface area contributed by atoms with Gasteiger partial charge >= 0.3 is 0 Å². The van der Waals surface area contributed by atoms with E-state index in [-0.39, 0.29) is 12.5 Å². The maximum Gasteiger partial charge on any atom is 0.220 e. The van der Waals surface area contributed by atoms with Gasteiger partial charge in [0.1, 0.15) is 0 Å². The van der Waals surface area contributed by atoms with Crippen LogP contribution in [-0.4, -0.2) is 34.9 Å². The van der Waals surface area contributed by atoms with Gasteiger partial charge in [-0.3, -0.25) is 4.79 Å². The van der Waals surface area contributed by atoms with Crippen molar-refractivity contribution in [3.05, 3.63) is 12.2 Å². The first-order valence-electron chi connectivity index (χ1n) is 17.9. The molecule has 3 N–H and O–H groups in total. The van der Waals surface area contributed by atoms with Crippen molar-refractivity contribution >= 4 is 5.91 Å². The van der Waals surface area contributed by atoms with Crippen molar-refractivity contribution in [1.82, 2.24) is 5.32 Å². The van der Waals surface area contributed by atoms with Gasteiger partial charge in [0.15, 0.2) is 0 Å². The Labute approximate surface area is 250 Å². The molecule has 2 unspecified atom stereocenters. The third-order valence-electron chi connectivity index (χ3n) is 8.27. The first-order valence-corrected chi connectivity index (χ1v) is 17.9. The fourth-order valence-corrected chi connectivity index (χ4v) is 5.46. The summed E-state index contributed by atoms with van der Waals surface area (Å²) in [5, 5.41) is 22.4. The zero-order valence-corrected chi connectivity index (χ0v) is 27.1. The number of carbonyl (C=O) groups excluding carboxylic acids is 1. The van der Waals surface area contributed by atoms with Crippen molar-refractivity contribution < 1.29 is 15.0 Å². The van der Waals surface area contributed by atoms with Gasteiger partial charge in [-0.1, -0.05) is 187 Å². The van der Waals surface area contributed by atoms with Crippen molar-refractivity contribution in [2.75, 3.05) is 6.61 Å². The summed E-state index contributed by atoms with van der Waals surface area (Å²) >= 11 is 0. The Bertz CT molecular complexity index is 536. The standard InChI is InChI=1S/C36H71NO3/c1-3-5-7-9-10-11-12-13-14-15-16-17-18-19-20-21-22-23-24-25-26-27-28-30-32-36(40)37-34(33-38)35(39)31-29-8-6-4-2/h29,31,34-35,38-39H,3-28,30,32-33H2,1-2H3,(H,37,40)/b31-29+. The van der Waals surface area contributed by atoms with Crippen LogP contribution in [-0.2, 0) is 4.79 Å². The molecule has 0 fully saturated rings. The van der Waals surface area contributed by atoms with E-state index in [4.69, 9.17) is 0 Å². The number of aliphatic hydroxyl groups excluding tert-OH is 2. The molecule has 0 aromatic carbocycles. The van der Waals surface area contributed by atoms with Crippen LogP contribution >= 0.6 is 0 Å². The van der Waals surface area contributed by atoms with Crippen molar-refractivity contribution in [3.8, 4) is 0 Å². The minimum absolute atomic E-state index is 0.0705. The number of nitrogens with one attached hydrogen (secondary N) is 1. The average Bonchev–Trinajstić information content (AvgIpc) is 2.96. The van der Waals surface area contributed by atoms with Gasteiger partial charge in [-0.25, -0.2) is 0 Å². The van der Waals surface area contributed by atoms with Crippen LogP contribution in [0.2, 0.25) is 0 Å². The highest BCUT2D eigenvalue weighted by atomic mass is 16.3. The molecule has 238 valence electrons. The van der Waals surface area contributed by atoms with Crippen LogP contribution in [0.4, 0.5) is 0 Å². The number of hydrogen-bond donors (Lipinski definition) is 3. The molecule has 4 nitrogen and oxygen atoms in total. The Morgan fingerprint density at radius 3 is 1.27 bits per heavy atom. The zero-order valence-electron chi connectivity index (χ0n) is 27.1. The summed E-state index contributed by atoms with van der Waals surface area (Å²) < 4.78 is 0. The van der Waals surface area contributed by atoms with E-state index in [1.54, 1.807) is 6.08 Å². The number of amides is 1. The second-order valence-corrected chi connectivity index (χ2v) is 12.3. The molecule has 0 saturated heterocycles. The van der Waals surface area contributed by atoms with Gasteiger partial charge in [-0.2, -0.15) is 0 Å². The van der Waals surface area contributed by atoms with Crippen LogP contribution in [0.1, 0.15) is 194 Å². The molecular weight excluding hydrogens is 494 g/mol. The fourth-order valence-electron chi connectivity index (χ4n) is 5.46. The molecule has 0 aromatic heterocycles. The van der Waals surface area contributed by atoms with Gasteiger partial charge < -0.3 is 15.5 Å². The second kappa shape index (κ2) is 32.6. The van der Waals surface area contributed by atoms with E-state index in [1.165, 1.54) is 141 Å². The molecule has 2 atom stereocenters. The van der Waals surface area contributed by atoms with Gasteiger partial charge in [0.2, 0.25) is 5.91 Å². The van der Waals surface area contributed by atoms with Crippen molar-refractivity contribution in [3.63, 3.8) is 0 Å². The smallest absolute Gasteiger partial charge is 0.220 e. The Kier molecular flexibility index (Phi) is 31.9. The van der Waals surface area contributed by atoms with Gasteiger partial charge in [0.05, 0.1) is 18.8 Å². The summed E-state index contributed by atoms with van der Waals surface area (Å²) in [7, 11) is 0. The minimum Gasteiger partial charge on any atom is -0.394 e. The average molecular weight is 566 g/mol. The Hall–Kier alpha value is -0.870. The highest BCUT2D eigenvalue weighted by Gasteiger charge is 2.17. The fraction of sp³-hybridized carbons (Fsp3) is 0.917. The van der Waals surface area contributed by atoms with Crippen LogP contribution in [0, 0.1) is 0 Å². The molecule has 0 bridgehead atoms. The van der Waals surface area contributed by atoms with Gasteiger partial charge in [0.25, 0.3) is 0 Å². The third-order valence-corrected chi connectivity index (χ3v) is 8.27. The predicted molar refractivity (Wildman–Crippen MR) is 175 cm³/mol. The van der Waals surface area contributed by atoms with Gasteiger partial charge in [-0.05, 0) is 12.8 Å². The lowest BCUT2D eigenvalue weighted by atomic mass is 10.0. The number of aliphatic hydroxyl groups is 2. The molecule has 0 heterocycles. The molecule has 0 aromatic rings. The van der Waals surface area contributed by atoms with Crippen LogP contribution in [0.5, 0.6) is 0 Å². The van der Waals surface area contributed by atoms with Crippen LogP contribution < -0.4 is 5.32 Å². The largest absolute Gasteiger partial charge is 0.394 e. The first kappa shape index (κ1) is 39.1. The van der Waals surface area contributed by atoms with E-state index in [1.807, 2.05) is 6.08 Å². The Balaban J connectivity index is 3.35. The summed E-state index contributed by atoms with van der Waals surface area (Å²) in [6.07, 6.45) is 39.2. The summed E-state index contributed by atoms with van der Waals surface area (Å²) in [6.45, 7) is 4.18. The molecule has 4 heteroatoms. The predicted octanol–water partition coefficient (Wildman–Crippen LogP) is 10.3. The van der Waals surface area contributed by atoms with Crippen LogP contribution in [0.3, 0.4) is 0 Å². The normalized spacial score (nSPS) is 13.2. The SMILES string of the molecule is CCCC/C=C/C(O)C(CO)NC(=O)CCCCCCCCCCCCCCCCCCCCCCCCCC. The molecule has 40 heavy (non-hydrogen) atoms. The van der Waals surface area contributed by atoms with E-state index in [0.717, 1.165) is 32.1 Å². The molecular formula is C36H71NO3.